The molecule has 4 heteroatoms. The van der Waals surface area contributed by atoms with Crippen molar-refractivity contribution in [2.24, 2.45) is 5.41 Å². The lowest BCUT2D eigenvalue weighted by molar-refractivity contribution is 0.302. The van der Waals surface area contributed by atoms with Crippen LogP contribution in [0.15, 0.2) is 16.7 Å². The van der Waals surface area contributed by atoms with Crippen LogP contribution in [0.25, 0.3) is 0 Å². The summed E-state index contributed by atoms with van der Waals surface area (Å²) < 4.78 is 0.902. The molecule has 1 heterocycles. The molecule has 0 spiro atoms. The molecule has 0 aliphatic rings. The van der Waals surface area contributed by atoms with E-state index in [9.17, 15) is 0 Å². The number of nitrogens with two attached hydrogens (primary N) is 1. The molecule has 17 heavy (non-hydrogen) atoms. The Labute approximate surface area is 112 Å². The van der Waals surface area contributed by atoms with Crippen molar-refractivity contribution in [3.05, 3.63) is 16.7 Å². The van der Waals surface area contributed by atoms with E-state index in [1.807, 2.05) is 6.07 Å². The lowest BCUT2D eigenvalue weighted by Crippen LogP contribution is -2.35. The summed E-state index contributed by atoms with van der Waals surface area (Å²) in [6.45, 7) is 11.1. The zero-order chi connectivity index (χ0) is 13.3. The second kappa shape index (κ2) is 4.84. The average Bonchev–Trinajstić information content (AvgIpc) is 2.05. The Morgan fingerprint density at radius 2 is 1.88 bits per heavy atom. The van der Waals surface area contributed by atoms with E-state index >= 15 is 0 Å². The van der Waals surface area contributed by atoms with Gasteiger partial charge in [-0.2, -0.15) is 0 Å². The lowest BCUT2D eigenvalue weighted by Gasteiger charge is -2.34. The van der Waals surface area contributed by atoms with E-state index in [1.165, 1.54) is 0 Å². The predicted molar refractivity (Wildman–Crippen MR) is 78.1 cm³/mol. The molecule has 1 aromatic heterocycles. The van der Waals surface area contributed by atoms with E-state index in [4.69, 9.17) is 5.73 Å². The first-order valence-corrected chi connectivity index (χ1v) is 6.58. The molecule has 0 saturated heterocycles. The van der Waals surface area contributed by atoms with Crippen LogP contribution in [0.1, 0.15) is 41.0 Å². The van der Waals surface area contributed by atoms with Crippen molar-refractivity contribution in [3.8, 4) is 0 Å². The molecule has 3 nitrogen and oxygen atoms in total. The number of hydrogen-bond donors (Lipinski definition) is 2. The number of nitrogens with one attached hydrogen (secondary N) is 1. The Balaban J connectivity index is 2.83. The number of pyridine rings is 1. The maximum Gasteiger partial charge on any atom is 0.140 e. The zero-order valence-corrected chi connectivity index (χ0v) is 12.9. The number of rotatable bonds is 3. The molecule has 0 radical (unpaired) electrons. The van der Waals surface area contributed by atoms with Crippen molar-refractivity contribution in [2.75, 3.05) is 11.1 Å². The van der Waals surface area contributed by atoms with E-state index < -0.39 is 0 Å². The van der Waals surface area contributed by atoms with Gasteiger partial charge >= 0.3 is 0 Å². The fourth-order valence-corrected chi connectivity index (χ4v) is 2.70. The molecule has 3 N–H and O–H groups in total. The number of nitrogen functional groups attached to an aromatic ring is 1. The largest absolute Gasteiger partial charge is 0.397 e. The van der Waals surface area contributed by atoms with Crippen LogP contribution in [-0.4, -0.2) is 10.5 Å². The minimum absolute atomic E-state index is 0.0100. The highest BCUT2D eigenvalue weighted by molar-refractivity contribution is 9.10. The Hall–Kier alpha value is -0.770. The van der Waals surface area contributed by atoms with E-state index in [0.29, 0.717) is 5.69 Å². The first-order valence-electron chi connectivity index (χ1n) is 5.78. The highest BCUT2D eigenvalue weighted by Gasteiger charge is 2.26. The van der Waals surface area contributed by atoms with Crippen LogP contribution in [0.4, 0.5) is 11.5 Å². The molecular formula is C13H22BrN3. The molecule has 0 unspecified atom stereocenters. The minimum Gasteiger partial charge on any atom is -0.397 e. The SMILES string of the molecule is CC(C)(C)CC(C)(C)Nc1ncc(N)cc1Br. The minimum atomic E-state index is -0.0100. The van der Waals surface area contributed by atoms with Gasteiger partial charge in [0.25, 0.3) is 0 Å². The topological polar surface area (TPSA) is 50.9 Å². The predicted octanol–water partition coefficient (Wildman–Crippen LogP) is 4.05. The fourth-order valence-electron chi connectivity index (χ4n) is 2.24. The summed E-state index contributed by atoms with van der Waals surface area (Å²) >= 11 is 3.47. The molecule has 0 bridgehead atoms. The Morgan fingerprint density at radius 3 is 2.35 bits per heavy atom. The monoisotopic (exact) mass is 299 g/mol. The number of halogens is 1. The number of aromatic nitrogens is 1. The average molecular weight is 300 g/mol. The van der Waals surface area contributed by atoms with Gasteiger partial charge in [-0.3, -0.25) is 0 Å². The van der Waals surface area contributed by atoms with Gasteiger partial charge in [-0.1, -0.05) is 20.8 Å². The summed E-state index contributed by atoms with van der Waals surface area (Å²) in [5.41, 5.74) is 6.60. The third-order valence-electron chi connectivity index (χ3n) is 2.29. The van der Waals surface area contributed by atoms with Gasteiger partial charge in [0.2, 0.25) is 0 Å². The highest BCUT2D eigenvalue weighted by Crippen LogP contribution is 2.31. The van der Waals surface area contributed by atoms with Gasteiger partial charge < -0.3 is 11.1 Å². The lowest BCUT2D eigenvalue weighted by atomic mass is 9.82. The smallest absolute Gasteiger partial charge is 0.140 e. The molecule has 0 fully saturated rings. The second-order valence-corrected chi connectivity index (χ2v) is 7.20. The quantitative estimate of drug-likeness (QED) is 0.885. The molecular weight excluding hydrogens is 278 g/mol. The summed E-state index contributed by atoms with van der Waals surface area (Å²) in [5.74, 6) is 0.841. The van der Waals surface area contributed by atoms with Crippen LogP contribution < -0.4 is 11.1 Å². The van der Waals surface area contributed by atoms with Crippen molar-refractivity contribution in [1.29, 1.82) is 0 Å². The van der Waals surface area contributed by atoms with E-state index in [0.717, 1.165) is 16.7 Å². The third kappa shape index (κ3) is 4.94. The molecule has 0 atom stereocenters. The maximum absolute atomic E-state index is 5.67. The van der Waals surface area contributed by atoms with Crippen molar-refractivity contribution in [3.63, 3.8) is 0 Å². The third-order valence-corrected chi connectivity index (χ3v) is 2.90. The van der Waals surface area contributed by atoms with Crippen molar-refractivity contribution >= 4 is 27.4 Å². The van der Waals surface area contributed by atoms with Crippen LogP contribution in [0.3, 0.4) is 0 Å². The van der Waals surface area contributed by atoms with E-state index in [1.54, 1.807) is 6.20 Å². The molecule has 1 rings (SSSR count). The van der Waals surface area contributed by atoms with Crippen LogP contribution in [0, 0.1) is 5.41 Å². The Morgan fingerprint density at radius 1 is 1.29 bits per heavy atom. The van der Waals surface area contributed by atoms with Crippen LogP contribution >= 0.6 is 15.9 Å². The van der Waals surface area contributed by atoms with Gasteiger partial charge in [-0.15, -0.1) is 0 Å². The Bertz CT molecular complexity index is 394. The number of anilines is 2. The summed E-state index contributed by atoms with van der Waals surface area (Å²) in [6, 6.07) is 1.86. The van der Waals surface area contributed by atoms with Crippen LogP contribution in [0.5, 0.6) is 0 Å². The van der Waals surface area contributed by atoms with Crippen LogP contribution in [-0.2, 0) is 0 Å². The van der Waals surface area contributed by atoms with Crippen molar-refractivity contribution < 1.29 is 0 Å². The van der Waals surface area contributed by atoms with Crippen molar-refractivity contribution in [1.82, 2.24) is 4.98 Å². The normalized spacial score (nSPS) is 12.6. The molecule has 0 aliphatic carbocycles. The number of nitrogens with zero attached hydrogens (tertiary/aromatic N) is 1. The highest BCUT2D eigenvalue weighted by atomic mass is 79.9. The molecule has 0 amide bonds. The second-order valence-electron chi connectivity index (χ2n) is 6.35. The van der Waals surface area contributed by atoms with Gasteiger partial charge in [-0.25, -0.2) is 4.98 Å². The summed E-state index contributed by atoms with van der Waals surface area (Å²) in [7, 11) is 0. The zero-order valence-electron chi connectivity index (χ0n) is 11.3. The Kier molecular flexibility index (Phi) is 4.07. The first kappa shape index (κ1) is 14.3. The van der Waals surface area contributed by atoms with E-state index in [-0.39, 0.29) is 11.0 Å². The summed E-state index contributed by atoms with van der Waals surface area (Å²) in [4.78, 5) is 4.31. The number of hydrogen-bond acceptors (Lipinski definition) is 3. The summed E-state index contributed by atoms with van der Waals surface area (Å²) in [5, 5.41) is 3.46. The molecule has 0 aliphatic heterocycles. The standard InChI is InChI=1S/C13H22BrN3/c1-12(2,3)8-13(4,5)17-11-10(14)6-9(15)7-16-11/h6-7H,8,15H2,1-5H3,(H,16,17). The van der Waals surface area contributed by atoms with Gasteiger partial charge in [0.15, 0.2) is 0 Å². The summed E-state index contributed by atoms with van der Waals surface area (Å²) in [6.07, 6.45) is 2.72. The van der Waals surface area contributed by atoms with Crippen LogP contribution in [0.2, 0.25) is 0 Å². The maximum atomic E-state index is 5.67. The molecule has 0 saturated carbocycles. The molecule has 1 aromatic rings. The fraction of sp³-hybridized carbons (Fsp3) is 0.615. The molecule has 96 valence electrons. The van der Waals surface area contributed by atoms with Gasteiger partial charge in [0.05, 0.1) is 16.4 Å². The molecule has 0 aromatic carbocycles. The van der Waals surface area contributed by atoms with Gasteiger partial charge in [0.1, 0.15) is 5.82 Å². The van der Waals surface area contributed by atoms with E-state index in [2.05, 4.69) is 60.8 Å². The van der Waals surface area contributed by atoms with Crippen molar-refractivity contribution in [2.45, 2.75) is 46.6 Å². The van der Waals surface area contributed by atoms with Gasteiger partial charge in [0, 0.05) is 5.54 Å². The first-order chi connectivity index (χ1) is 7.59. The van der Waals surface area contributed by atoms with Gasteiger partial charge in [-0.05, 0) is 47.7 Å².